The normalized spacial score (nSPS) is 20.0. The summed E-state index contributed by atoms with van der Waals surface area (Å²) in [5.41, 5.74) is 2.80. The van der Waals surface area contributed by atoms with E-state index in [9.17, 15) is 0 Å². The van der Waals surface area contributed by atoms with Crippen molar-refractivity contribution < 1.29 is 9.31 Å². The zero-order valence-corrected chi connectivity index (χ0v) is 14.1. The molecule has 0 spiro atoms. The van der Waals surface area contributed by atoms with Gasteiger partial charge in [-0.1, -0.05) is 18.2 Å². The summed E-state index contributed by atoms with van der Waals surface area (Å²) in [5, 5.41) is 5.78. The van der Waals surface area contributed by atoms with Gasteiger partial charge in [0.25, 0.3) is 0 Å². The van der Waals surface area contributed by atoms with Crippen LogP contribution in [0.1, 0.15) is 26.3 Å². The Bertz CT molecular complexity index is 863. The highest BCUT2D eigenvalue weighted by Gasteiger charge is 2.43. The molecular weight excluding hydrogens is 301 g/mol. The number of hydrogen-bond donors (Lipinski definition) is 0. The van der Waals surface area contributed by atoms with Crippen molar-refractivity contribution in [2.24, 2.45) is 0 Å². The molecule has 0 radical (unpaired) electrons. The molecule has 0 N–H and O–H groups in total. The van der Waals surface area contributed by atoms with Crippen LogP contribution in [0.25, 0.3) is 10.9 Å². The van der Waals surface area contributed by atoms with E-state index in [-0.39, 0.29) is 18.8 Å². The van der Waals surface area contributed by atoms with Crippen LogP contribution in [0.2, 0.25) is 0 Å². The van der Waals surface area contributed by atoms with Crippen molar-refractivity contribution in [2.45, 2.75) is 39.0 Å². The minimum atomic E-state index is -0.331. The minimum Gasteiger partial charge on any atom is -0.402 e. The van der Waals surface area contributed by atoms with Crippen molar-refractivity contribution >= 4 is 23.5 Å². The van der Waals surface area contributed by atoms with E-state index >= 15 is 0 Å². The van der Waals surface area contributed by atoms with Crippen molar-refractivity contribution in [3.63, 3.8) is 0 Å². The monoisotopic (exact) mass is 321 g/mol. The number of rotatable bonds is 3. The number of pyridine rings is 1. The molecule has 1 atom stereocenters. The number of aromatic nitrogens is 3. The maximum atomic E-state index is 6.03. The highest BCUT2D eigenvalue weighted by molar-refractivity contribution is 6.62. The molecular formula is C18H20BN3O2. The molecule has 3 heterocycles. The Hall–Kier alpha value is -2.18. The van der Waals surface area contributed by atoms with E-state index < -0.39 is 0 Å². The molecule has 0 bridgehead atoms. The Kier molecular flexibility index (Phi) is 3.66. The van der Waals surface area contributed by atoms with Crippen molar-refractivity contribution in [3.05, 3.63) is 54.5 Å². The summed E-state index contributed by atoms with van der Waals surface area (Å²) in [5.74, 6) is 0. The second-order valence-electron chi connectivity index (χ2n) is 6.84. The number of benzene rings is 1. The third-order valence-corrected chi connectivity index (χ3v) is 4.64. The molecule has 1 saturated heterocycles. The van der Waals surface area contributed by atoms with Gasteiger partial charge in [-0.25, -0.2) is 0 Å². The van der Waals surface area contributed by atoms with Gasteiger partial charge in [-0.15, -0.1) is 0 Å². The molecule has 1 fully saturated rings. The van der Waals surface area contributed by atoms with E-state index in [0.29, 0.717) is 6.54 Å². The maximum Gasteiger partial charge on any atom is 0.494 e. The lowest BCUT2D eigenvalue weighted by atomic mass is 9.79. The predicted molar refractivity (Wildman–Crippen MR) is 94.2 cm³/mol. The Labute approximate surface area is 141 Å². The molecule has 0 amide bonds. The van der Waals surface area contributed by atoms with Crippen molar-refractivity contribution in [1.29, 1.82) is 0 Å². The minimum absolute atomic E-state index is 0.0568. The van der Waals surface area contributed by atoms with Crippen molar-refractivity contribution in [1.82, 2.24) is 14.8 Å². The molecule has 1 aliphatic heterocycles. The van der Waals surface area contributed by atoms with Crippen LogP contribution in [0.3, 0.4) is 0 Å². The average molecular weight is 321 g/mol. The molecule has 1 aromatic carbocycles. The van der Waals surface area contributed by atoms with Crippen LogP contribution in [0, 0.1) is 0 Å². The van der Waals surface area contributed by atoms with Crippen LogP contribution < -0.4 is 5.46 Å². The lowest BCUT2D eigenvalue weighted by molar-refractivity contribution is 0.0842. The number of nitrogens with zero attached hydrogens (tertiary/aromatic N) is 3. The molecule has 5 nitrogen and oxygen atoms in total. The van der Waals surface area contributed by atoms with Gasteiger partial charge >= 0.3 is 7.12 Å². The topological polar surface area (TPSA) is 49.2 Å². The highest BCUT2D eigenvalue weighted by atomic mass is 16.7. The molecule has 1 aliphatic rings. The molecule has 2 aromatic heterocycles. The fourth-order valence-corrected chi connectivity index (χ4v) is 2.89. The average Bonchev–Trinajstić information content (AvgIpc) is 3.07. The van der Waals surface area contributed by atoms with Crippen LogP contribution in [0.4, 0.5) is 0 Å². The number of fused-ring (bicyclic) bond motifs is 1. The molecule has 0 saturated carbocycles. The van der Waals surface area contributed by atoms with Gasteiger partial charge in [-0.3, -0.25) is 9.67 Å². The summed E-state index contributed by atoms with van der Waals surface area (Å²) in [6, 6.07) is 10.2. The Morgan fingerprint density at radius 2 is 2.17 bits per heavy atom. The van der Waals surface area contributed by atoms with Crippen LogP contribution >= 0.6 is 0 Å². The fraction of sp³-hybridized carbons (Fsp3) is 0.333. The van der Waals surface area contributed by atoms with Gasteiger partial charge in [-0.05, 0) is 43.9 Å². The van der Waals surface area contributed by atoms with Crippen LogP contribution in [0.15, 0.2) is 48.9 Å². The standard InChI is InChI=1S/C18H20BN3O2/c1-13-18(2,3)24-19(23-13)16-7-6-15-12-22(21-17(15)9-16)11-14-5-4-8-20-10-14/h4-10,12-13H,11H2,1-3H3. The summed E-state index contributed by atoms with van der Waals surface area (Å²) in [4.78, 5) is 4.15. The van der Waals surface area contributed by atoms with E-state index in [2.05, 4.69) is 48.3 Å². The molecule has 6 heteroatoms. The van der Waals surface area contributed by atoms with Gasteiger partial charge in [0.1, 0.15) is 0 Å². The Balaban J connectivity index is 1.60. The molecule has 3 aromatic rings. The first kappa shape index (κ1) is 15.4. The summed E-state index contributed by atoms with van der Waals surface area (Å²) < 4.78 is 13.9. The molecule has 0 aliphatic carbocycles. The first-order valence-electron chi connectivity index (χ1n) is 8.20. The number of hydrogen-bond acceptors (Lipinski definition) is 4. The molecule has 24 heavy (non-hydrogen) atoms. The summed E-state index contributed by atoms with van der Waals surface area (Å²) >= 11 is 0. The second kappa shape index (κ2) is 5.72. The quantitative estimate of drug-likeness (QED) is 0.695. The van der Waals surface area contributed by atoms with Gasteiger partial charge in [-0.2, -0.15) is 5.10 Å². The molecule has 122 valence electrons. The van der Waals surface area contributed by atoms with E-state index in [4.69, 9.17) is 9.31 Å². The van der Waals surface area contributed by atoms with Crippen molar-refractivity contribution in [2.75, 3.05) is 0 Å². The largest absolute Gasteiger partial charge is 0.494 e. The van der Waals surface area contributed by atoms with Crippen LogP contribution in [-0.2, 0) is 15.9 Å². The molecule has 4 rings (SSSR count). The van der Waals surface area contributed by atoms with Gasteiger partial charge in [0.2, 0.25) is 0 Å². The zero-order chi connectivity index (χ0) is 16.7. The van der Waals surface area contributed by atoms with E-state index in [1.165, 1.54) is 0 Å². The van der Waals surface area contributed by atoms with Crippen LogP contribution in [-0.4, -0.2) is 33.6 Å². The first-order valence-corrected chi connectivity index (χ1v) is 8.20. The fourth-order valence-electron chi connectivity index (χ4n) is 2.89. The summed E-state index contributed by atoms with van der Waals surface area (Å²) in [6.07, 6.45) is 5.75. The van der Waals surface area contributed by atoms with Gasteiger partial charge in [0.15, 0.2) is 0 Å². The van der Waals surface area contributed by atoms with Gasteiger partial charge < -0.3 is 9.31 Å². The van der Waals surface area contributed by atoms with E-state index in [1.54, 1.807) is 6.20 Å². The predicted octanol–water partition coefficient (Wildman–Crippen LogP) is 2.39. The lowest BCUT2D eigenvalue weighted by Gasteiger charge is -2.21. The van der Waals surface area contributed by atoms with E-state index in [0.717, 1.165) is 21.9 Å². The van der Waals surface area contributed by atoms with Crippen LogP contribution in [0.5, 0.6) is 0 Å². The maximum absolute atomic E-state index is 6.03. The second-order valence-corrected chi connectivity index (χ2v) is 6.84. The third kappa shape index (κ3) is 2.83. The van der Waals surface area contributed by atoms with Crippen molar-refractivity contribution in [3.8, 4) is 0 Å². The molecule has 1 unspecified atom stereocenters. The van der Waals surface area contributed by atoms with Gasteiger partial charge in [0.05, 0.1) is 23.8 Å². The SMILES string of the molecule is CC1OB(c2ccc3cn(Cc4cccnc4)nc3c2)OC1(C)C. The summed E-state index contributed by atoms with van der Waals surface area (Å²) in [7, 11) is -0.331. The first-order chi connectivity index (χ1) is 11.5. The van der Waals surface area contributed by atoms with E-state index in [1.807, 2.05) is 29.9 Å². The zero-order valence-electron chi connectivity index (χ0n) is 14.1. The van der Waals surface area contributed by atoms with Gasteiger partial charge in [0, 0.05) is 24.0 Å². The Morgan fingerprint density at radius 1 is 1.29 bits per heavy atom. The third-order valence-electron chi connectivity index (χ3n) is 4.64. The highest BCUT2D eigenvalue weighted by Crippen LogP contribution is 2.27. The summed E-state index contributed by atoms with van der Waals surface area (Å²) in [6.45, 7) is 6.86. The lowest BCUT2D eigenvalue weighted by Crippen LogP contribution is -2.34. The smallest absolute Gasteiger partial charge is 0.402 e. The Morgan fingerprint density at radius 3 is 2.88 bits per heavy atom.